The van der Waals surface area contributed by atoms with E-state index in [0.717, 1.165) is 12.3 Å². The van der Waals surface area contributed by atoms with Crippen molar-refractivity contribution in [3.63, 3.8) is 0 Å². The van der Waals surface area contributed by atoms with Gasteiger partial charge >= 0.3 is 0 Å². The van der Waals surface area contributed by atoms with Gasteiger partial charge < -0.3 is 10.1 Å². The summed E-state index contributed by atoms with van der Waals surface area (Å²) in [6.07, 6.45) is 11.9. The van der Waals surface area contributed by atoms with E-state index < -0.39 is 0 Å². The third-order valence-electron chi connectivity index (χ3n) is 4.92. The first-order valence-corrected chi connectivity index (χ1v) is 8.89. The van der Waals surface area contributed by atoms with Crippen LogP contribution >= 0.6 is 0 Å². The molecule has 0 bridgehead atoms. The van der Waals surface area contributed by atoms with Crippen molar-refractivity contribution in [2.45, 2.75) is 76.9 Å². The molecule has 0 heterocycles. The Labute approximate surface area is 129 Å². The molecule has 0 aromatic heterocycles. The highest BCUT2D eigenvalue weighted by Gasteiger charge is 2.21. The van der Waals surface area contributed by atoms with Gasteiger partial charge in [0, 0.05) is 6.04 Å². The molecule has 2 aliphatic carbocycles. The average Bonchev–Trinajstić information content (AvgIpc) is 2.53. The van der Waals surface area contributed by atoms with E-state index in [-0.39, 0.29) is 0 Å². The summed E-state index contributed by atoms with van der Waals surface area (Å²) in [5.41, 5.74) is 3.01. The van der Waals surface area contributed by atoms with Gasteiger partial charge in [-0.05, 0) is 81.2 Å². The normalized spacial score (nSPS) is 22.8. The van der Waals surface area contributed by atoms with Gasteiger partial charge in [0.25, 0.3) is 0 Å². The first-order chi connectivity index (χ1) is 10.4. The molecular weight excluding hydrogens is 258 g/mol. The van der Waals surface area contributed by atoms with Crippen molar-refractivity contribution >= 4 is 0 Å². The van der Waals surface area contributed by atoms with Crippen LogP contribution in [-0.4, -0.2) is 12.6 Å². The summed E-state index contributed by atoms with van der Waals surface area (Å²) in [5, 5.41) is 3.69. The molecule has 1 aromatic rings. The molecule has 3 rings (SSSR count). The predicted molar refractivity (Wildman–Crippen MR) is 87.9 cm³/mol. The van der Waals surface area contributed by atoms with Gasteiger partial charge in [0.15, 0.2) is 0 Å². The number of benzene rings is 1. The third kappa shape index (κ3) is 3.79. The third-order valence-corrected chi connectivity index (χ3v) is 4.92. The number of hydrogen-bond donors (Lipinski definition) is 1. The van der Waals surface area contributed by atoms with E-state index in [0.29, 0.717) is 12.1 Å². The lowest BCUT2D eigenvalue weighted by atomic mass is 9.87. The molecule has 1 aromatic carbocycles. The molecule has 1 unspecified atom stereocenters. The van der Waals surface area contributed by atoms with Crippen molar-refractivity contribution in [1.82, 2.24) is 5.32 Å². The van der Waals surface area contributed by atoms with Crippen LogP contribution in [0.4, 0.5) is 0 Å². The lowest BCUT2D eigenvalue weighted by Gasteiger charge is -2.28. The zero-order valence-electron chi connectivity index (χ0n) is 13.4. The van der Waals surface area contributed by atoms with Gasteiger partial charge in [0.1, 0.15) is 5.75 Å². The summed E-state index contributed by atoms with van der Waals surface area (Å²) < 4.78 is 6.22. The van der Waals surface area contributed by atoms with Crippen LogP contribution in [0.3, 0.4) is 0 Å². The van der Waals surface area contributed by atoms with E-state index >= 15 is 0 Å². The van der Waals surface area contributed by atoms with Crippen molar-refractivity contribution in [3.8, 4) is 5.75 Å². The average molecular weight is 287 g/mol. The van der Waals surface area contributed by atoms with E-state index in [9.17, 15) is 0 Å². The van der Waals surface area contributed by atoms with E-state index in [1.807, 2.05) is 0 Å². The maximum atomic E-state index is 6.22. The number of nitrogens with one attached hydrogen (secondary N) is 1. The van der Waals surface area contributed by atoms with Gasteiger partial charge in [-0.15, -0.1) is 0 Å². The summed E-state index contributed by atoms with van der Waals surface area (Å²) >= 11 is 0. The van der Waals surface area contributed by atoms with E-state index in [2.05, 4.69) is 30.4 Å². The Bertz CT molecular complexity index is 451. The van der Waals surface area contributed by atoms with E-state index in [4.69, 9.17) is 4.74 Å². The lowest BCUT2D eigenvalue weighted by molar-refractivity contribution is 0.155. The molecule has 116 valence electrons. The second-order valence-electron chi connectivity index (χ2n) is 6.64. The Kier molecular flexibility index (Phi) is 5.18. The fourth-order valence-corrected chi connectivity index (χ4v) is 3.77. The largest absolute Gasteiger partial charge is 0.490 e. The molecule has 1 N–H and O–H groups in total. The van der Waals surface area contributed by atoms with Crippen LogP contribution < -0.4 is 10.1 Å². The van der Waals surface area contributed by atoms with Crippen LogP contribution in [-0.2, 0) is 6.42 Å². The van der Waals surface area contributed by atoms with Crippen molar-refractivity contribution in [1.29, 1.82) is 0 Å². The Balaban J connectivity index is 1.68. The zero-order chi connectivity index (χ0) is 14.5. The van der Waals surface area contributed by atoms with Crippen LogP contribution in [0.25, 0.3) is 0 Å². The highest BCUT2D eigenvalue weighted by atomic mass is 16.5. The Morgan fingerprint density at radius 3 is 2.76 bits per heavy atom. The van der Waals surface area contributed by atoms with Gasteiger partial charge in [-0.1, -0.05) is 19.4 Å². The fourth-order valence-electron chi connectivity index (χ4n) is 3.77. The van der Waals surface area contributed by atoms with Gasteiger partial charge in [-0.2, -0.15) is 0 Å². The van der Waals surface area contributed by atoms with Crippen LogP contribution in [0.15, 0.2) is 18.2 Å². The molecule has 2 aliphatic rings. The molecule has 1 saturated carbocycles. The summed E-state index contributed by atoms with van der Waals surface area (Å²) in [6, 6.07) is 7.36. The number of hydrogen-bond acceptors (Lipinski definition) is 2. The maximum Gasteiger partial charge on any atom is 0.120 e. The number of fused-ring (bicyclic) bond motifs is 1. The minimum atomic E-state index is 0.453. The zero-order valence-corrected chi connectivity index (χ0v) is 13.4. The topological polar surface area (TPSA) is 21.3 Å². The summed E-state index contributed by atoms with van der Waals surface area (Å²) in [5.74, 6) is 1.09. The van der Waals surface area contributed by atoms with Crippen molar-refractivity contribution in [2.75, 3.05) is 6.54 Å². The molecule has 0 amide bonds. The van der Waals surface area contributed by atoms with Crippen LogP contribution in [0, 0.1) is 0 Å². The fraction of sp³-hybridized carbons (Fsp3) is 0.684. The SMILES string of the molecule is CCCNC1CCCc2cc(OC3CCCCC3)ccc21. The highest BCUT2D eigenvalue weighted by Crippen LogP contribution is 2.33. The molecule has 21 heavy (non-hydrogen) atoms. The second-order valence-corrected chi connectivity index (χ2v) is 6.64. The smallest absolute Gasteiger partial charge is 0.120 e. The molecule has 0 spiro atoms. The first-order valence-electron chi connectivity index (χ1n) is 8.89. The standard InChI is InChI=1S/C19H29NO/c1-2-13-20-19-10-6-7-15-14-17(11-12-18(15)19)21-16-8-4-3-5-9-16/h11-12,14,16,19-20H,2-10,13H2,1H3. The Morgan fingerprint density at radius 2 is 1.95 bits per heavy atom. The second kappa shape index (κ2) is 7.31. The van der Waals surface area contributed by atoms with Crippen molar-refractivity contribution in [2.24, 2.45) is 0 Å². The molecule has 0 saturated heterocycles. The molecule has 0 radical (unpaired) electrons. The summed E-state index contributed by atoms with van der Waals surface area (Å²) in [7, 11) is 0. The molecule has 1 fully saturated rings. The number of aryl methyl sites for hydroxylation is 1. The quantitative estimate of drug-likeness (QED) is 0.842. The Morgan fingerprint density at radius 1 is 1.10 bits per heavy atom. The predicted octanol–water partition coefficient (Wildman–Crippen LogP) is 4.78. The molecule has 0 aliphatic heterocycles. The lowest BCUT2D eigenvalue weighted by Crippen LogP contribution is -2.26. The molecule has 2 heteroatoms. The summed E-state index contributed by atoms with van der Waals surface area (Å²) in [6.45, 7) is 3.35. The maximum absolute atomic E-state index is 6.22. The van der Waals surface area contributed by atoms with Crippen LogP contribution in [0.2, 0.25) is 0 Å². The number of ether oxygens (including phenoxy) is 1. The van der Waals surface area contributed by atoms with Gasteiger partial charge in [-0.3, -0.25) is 0 Å². The molecular formula is C19H29NO. The van der Waals surface area contributed by atoms with Gasteiger partial charge in [0.2, 0.25) is 0 Å². The minimum Gasteiger partial charge on any atom is -0.490 e. The van der Waals surface area contributed by atoms with Crippen LogP contribution in [0.1, 0.15) is 75.5 Å². The van der Waals surface area contributed by atoms with E-state index in [1.54, 1.807) is 0 Å². The van der Waals surface area contributed by atoms with Crippen LogP contribution in [0.5, 0.6) is 5.75 Å². The van der Waals surface area contributed by atoms with Crippen molar-refractivity contribution in [3.05, 3.63) is 29.3 Å². The van der Waals surface area contributed by atoms with Crippen molar-refractivity contribution < 1.29 is 4.74 Å². The van der Waals surface area contributed by atoms with Gasteiger partial charge in [0.05, 0.1) is 6.10 Å². The molecule has 2 nitrogen and oxygen atoms in total. The number of rotatable bonds is 5. The van der Waals surface area contributed by atoms with Gasteiger partial charge in [-0.25, -0.2) is 0 Å². The van der Waals surface area contributed by atoms with E-state index in [1.165, 1.54) is 68.9 Å². The highest BCUT2D eigenvalue weighted by molar-refractivity contribution is 5.39. The molecule has 1 atom stereocenters. The Hall–Kier alpha value is -1.02. The first kappa shape index (κ1) is 14.9. The summed E-state index contributed by atoms with van der Waals surface area (Å²) in [4.78, 5) is 0. The monoisotopic (exact) mass is 287 g/mol. The minimum absolute atomic E-state index is 0.453.